The van der Waals surface area contributed by atoms with Gasteiger partial charge in [-0.25, -0.2) is 0 Å². The lowest BCUT2D eigenvalue weighted by molar-refractivity contribution is -0.485. The SMILES string of the molecule is COC(=O)[C@]1([C@H](C[N+](=O)[O-])c2ccoc2)C[C@@H]2COC(C)(C)N2C1=O.COC(=O)[C@]1([C@H](C[N+](=O)[O-])c2ccoc2)C[C@@H]2COC(C)(C)N2C1=O. The summed E-state index contributed by atoms with van der Waals surface area (Å²) in [6.07, 6.45) is 5.59. The Morgan fingerprint density at radius 2 is 1.14 bits per heavy atom. The average Bonchev–Trinajstić information content (AvgIpc) is 3.90. The Morgan fingerprint density at radius 3 is 1.40 bits per heavy atom. The lowest BCUT2D eigenvalue weighted by Crippen LogP contribution is -2.51. The Morgan fingerprint density at radius 1 is 0.780 bits per heavy atom. The average molecular weight is 705 g/mol. The van der Waals surface area contributed by atoms with E-state index in [1.54, 1.807) is 27.7 Å². The van der Waals surface area contributed by atoms with Crippen LogP contribution in [0.25, 0.3) is 0 Å². The number of carbonyl (C=O) groups excluding carboxylic acids is 4. The van der Waals surface area contributed by atoms with Gasteiger partial charge in [0.25, 0.3) is 0 Å². The molecule has 4 fully saturated rings. The van der Waals surface area contributed by atoms with E-state index in [2.05, 4.69) is 0 Å². The van der Waals surface area contributed by atoms with Crippen molar-refractivity contribution in [3.05, 3.63) is 68.5 Å². The van der Waals surface area contributed by atoms with Crippen molar-refractivity contribution in [3.8, 4) is 0 Å². The second-order valence-electron chi connectivity index (χ2n) is 13.8. The molecule has 0 N–H and O–H groups in total. The molecule has 0 saturated carbocycles. The van der Waals surface area contributed by atoms with Gasteiger partial charge in [0.2, 0.25) is 24.9 Å². The highest BCUT2D eigenvalue weighted by Crippen LogP contribution is 2.54. The highest BCUT2D eigenvalue weighted by atomic mass is 16.6. The number of furan rings is 2. The minimum absolute atomic E-state index is 0.103. The van der Waals surface area contributed by atoms with Gasteiger partial charge in [0.05, 0.1) is 76.4 Å². The van der Waals surface area contributed by atoms with Crippen molar-refractivity contribution in [2.45, 2.75) is 75.9 Å². The van der Waals surface area contributed by atoms with E-state index in [9.17, 15) is 39.4 Å². The first-order chi connectivity index (χ1) is 23.5. The van der Waals surface area contributed by atoms with Crippen LogP contribution < -0.4 is 0 Å². The van der Waals surface area contributed by atoms with Crippen LogP contribution in [0.4, 0.5) is 0 Å². The molecule has 6 atom stereocenters. The van der Waals surface area contributed by atoms with Gasteiger partial charge in [-0.2, -0.15) is 0 Å². The Hall–Kier alpha value is -4.84. The number of fused-ring (bicyclic) bond motifs is 2. The number of hydrogen-bond acceptors (Lipinski definition) is 14. The predicted octanol–water partition coefficient (Wildman–Crippen LogP) is 2.33. The Labute approximate surface area is 286 Å². The summed E-state index contributed by atoms with van der Waals surface area (Å²) in [4.78, 5) is 76.7. The van der Waals surface area contributed by atoms with Gasteiger partial charge in [-0.1, -0.05) is 0 Å². The van der Waals surface area contributed by atoms with Crippen LogP contribution in [0, 0.1) is 31.1 Å². The summed E-state index contributed by atoms with van der Waals surface area (Å²) in [5.41, 5.74) is -4.25. The molecule has 18 heteroatoms. The Balaban J connectivity index is 0.000000194. The smallest absolute Gasteiger partial charge is 0.322 e. The van der Waals surface area contributed by atoms with E-state index in [-0.39, 0.29) is 38.1 Å². The molecule has 2 amide bonds. The van der Waals surface area contributed by atoms with Gasteiger partial charge in [0, 0.05) is 21.0 Å². The zero-order valence-corrected chi connectivity index (χ0v) is 28.5. The molecule has 0 unspecified atom stereocenters. The maximum atomic E-state index is 13.3. The largest absolute Gasteiger partial charge is 0.472 e. The molecule has 4 aliphatic rings. The van der Waals surface area contributed by atoms with Gasteiger partial charge in [-0.05, 0) is 52.7 Å². The molecule has 0 radical (unpaired) electrons. The fraction of sp³-hybridized carbons (Fsp3) is 0.625. The van der Waals surface area contributed by atoms with Crippen molar-refractivity contribution in [2.75, 3.05) is 40.5 Å². The number of methoxy groups -OCH3 is 2. The van der Waals surface area contributed by atoms with Crippen molar-refractivity contribution in [1.29, 1.82) is 0 Å². The first-order valence-electron chi connectivity index (χ1n) is 15.9. The van der Waals surface area contributed by atoms with Gasteiger partial charge in [-0.15, -0.1) is 0 Å². The Kier molecular flexibility index (Phi) is 9.57. The molecular formula is C32H40N4O14. The third-order valence-corrected chi connectivity index (χ3v) is 10.3. The van der Waals surface area contributed by atoms with Crippen molar-refractivity contribution in [1.82, 2.24) is 9.80 Å². The lowest BCUT2D eigenvalue weighted by Gasteiger charge is -2.34. The molecule has 50 heavy (non-hydrogen) atoms. The number of hydrogen-bond donors (Lipinski definition) is 0. The molecule has 4 saturated heterocycles. The quantitative estimate of drug-likeness (QED) is 0.150. The van der Waals surface area contributed by atoms with Crippen LogP contribution in [-0.2, 0) is 38.1 Å². The van der Waals surface area contributed by atoms with E-state index in [1.165, 1.54) is 61.2 Å². The van der Waals surface area contributed by atoms with Crippen LogP contribution >= 0.6 is 0 Å². The molecule has 0 bridgehead atoms. The molecule has 0 aliphatic carbocycles. The first-order valence-corrected chi connectivity index (χ1v) is 15.9. The molecule has 6 rings (SSSR count). The van der Waals surface area contributed by atoms with Crippen LogP contribution in [0.1, 0.15) is 63.5 Å². The first kappa shape index (κ1) is 36.4. The molecule has 2 aromatic heterocycles. The number of ether oxygens (including phenoxy) is 4. The van der Waals surface area contributed by atoms with Gasteiger partial charge in [0.15, 0.2) is 10.8 Å². The summed E-state index contributed by atoms with van der Waals surface area (Å²) in [5.74, 6) is -4.50. The fourth-order valence-electron chi connectivity index (χ4n) is 8.15. The minimum Gasteiger partial charge on any atom is -0.472 e. The van der Waals surface area contributed by atoms with Crippen LogP contribution in [0.5, 0.6) is 0 Å². The number of carbonyl (C=O) groups is 4. The highest BCUT2D eigenvalue weighted by Gasteiger charge is 2.69. The van der Waals surface area contributed by atoms with E-state index in [0.717, 1.165) is 0 Å². The number of esters is 2. The summed E-state index contributed by atoms with van der Waals surface area (Å²) in [6.45, 7) is 6.32. The summed E-state index contributed by atoms with van der Waals surface area (Å²) in [6, 6.07) is 2.42. The Bertz CT molecular complexity index is 1520. The van der Waals surface area contributed by atoms with Crippen molar-refractivity contribution >= 4 is 23.8 Å². The number of amides is 2. The lowest BCUT2D eigenvalue weighted by atomic mass is 9.70. The standard InChI is InChI=1S/2C16H20N2O7/c2*1-15(2)18-11(9-25-15)6-16(13(18)19,14(20)23-3)12(7-17(21)22)10-4-5-24-8-10/h2*4-5,8,11-12H,6-7,9H2,1-3H3/t2*11-,12-,16+/m11/s1. The maximum Gasteiger partial charge on any atom is 0.322 e. The summed E-state index contributed by atoms with van der Waals surface area (Å²) in [5, 5.41) is 22.5. The van der Waals surface area contributed by atoms with Gasteiger partial charge < -0.3 is 37.6 Å². The van der Waals surface area contributed by atoms with Gasteiger partial charge in [-0.3, -0.25) is 39.4 Å². The normalized spacial score (nSPS) is 28.7. The van der Waals surface area contributed by atoms with E-state index in [4.69, 9.17) is 27.8 Å². The van der Waals surface area contributed by atoms with E-state index < -0.39 is 80.8 Å². The topological polar surface area (TPSA) is 224 Å². The molecule has 6 heterocycles. The summed E-state index contributed by atoms with van der Waals surface area (Å²) < 4.78 is 31.2. The second-order valence-corrected chi connectivity index (χ2v) is 13.8. The summed E-state index contributed by atoms with van der Waals surface area (Å²) in [7, 11) is 2.36. The maximum absolute atomic E-state index is 13.3. The zero-order valence-electron chi connectivity index (χ0n) is 28.5. The minimum atomic E-state index is -1.67. The van der Waals surface area contributed by atoms with Crippen LogP contribution in [-0.4, -0.2) is 107 Å². The molecular weight excluding hydrogens is 664 g/mol. The molecule has 2 aromatic rings. The number of nitro groups is 2. The van der Waals surface area contributed by atoms with Crippen molar-refractivity contribution in [3.63, 3.8) is 0 Å². The highest BCUT2D eigenvalue weighted by molar-refractivity contribution is 6.07. The van der Waals surface area contributed by atoms with E-state index in [0.29, 0.717) is 11.1 Å². The van der Waals surface area contributed by atoms with Gasteiger partial charge in [0.1, 0.15) is 11.4 Å². The monoisotopic (exact) mass is 704 g/mol. The van der Waals surface area contributed by atoms with Crippen LogP contribution in [0.15, 0.2) is 46.0 Å². The predicted molar refractivity (Wildman–Crippen MR) is 166 cm³/mol. The molecule has 4 aliphatic heterocycles. The second kappa shape index (κ2) is 13.1. The molecule has 18 nitrogen and oxygen atoms in total. The van der Waals surface area contributed by atoms with E-state index >= 15 is 0 Å². The zero-order chi connectivity index (χ0) is 36.8. The number of nitrogens with zero attached hydrogens (tertiary/aromatic N) is 4. The third-order valence-electron chi connectivity index (χ3n) is 10.3. The van der Waals surface area contributed by atoms with Crippen LogP contribution in [0.2, 0.25) is 0 Å². The van der Waals surface area contributed by atoms with Gasteiger partial charge >= 0.3 is 11.9 Å². The fourth-order valence-corrected chi connectivity index (χ4v) is 8.15. The van der Waals surface area contributed by atoms with Crippen LogP contribution in [0.3, 0.4) is 0 Å². The van der Waals surface area contributed by atoms with Crippen molar-refractivity contribution < 1.29 is 56.8 Å². The third kappa shape index (κ3) is 5.78. The molecule has 272 valence electrons. The van der Waals surface area contributed by atoms with E-state index in [1.807, 2.05) is 0 Å². The van der Waals surface area contributed by atoms with Crippen molar-refractivity contribution in [2.24, 2.45) is 10.8 Å². The molecule has 0 aromatic carbocycles. The number of rotatable bonds is 10. The summed E-state index contributed by atoms with van der Waals surface area (Å²) >= 11 is 0. The molecule has 0 spiro atoms.